The summed E-state index contributed by atoms with van der Waals surface area (Å²) < 4.78 is 4.80. The van der Waals surface area contributed by atoms with Gasteiger partial charge in [0, 0.05) is 18.1 Å². The van der Waals surface area contributed by atoms with Gasteiger partial charge in [-0.25, -0.2) is 0 Å². The summed E-state index contributed by atoms with van der Waals surface area (Å²) in [6.07, 6.45) is 4.61. The van der Waals surface area contributed by atoms with E-state index in [1.54, 1.807) is 31.5 Å². The van der Waals surface area contributed by atoms with Gasteiger partial charge in [0.2, 0.25) is 0 Å². The van der Waals surface area contributed by atoms with E-state index in [4.69, 9.17) is 4.52 Å². The summed E-state index contributed by atoms with van der Waals surface area (Å²) in [6, 6.07) is 3.42. The summed E-state index contributed by atoms with van der Waals surface area (Å²) in [6.45, 7) is 1.69. The molecule has 2 heterocycles. The van der Waals surface area contributed by atoms with Gasteiger partial charge in [-0.3, -0.25) is 9.78 Å². The Morgan fingerprint density at radius 1 is 1.40 bits per heavy atom. The van der Waals surface area contributed by atoms with Crippen molar-refractivity contribution in [2.24, 2.45) is 0 Å². The Labute approximate surface area is 86.1 Å². The average Bonchev–Trinajstić information content (AvgIpc) is 2.66. The average molecular weight is 203 g/mol. The molecule has 0 unspecified atom stereocenters. The van der Waals surface area contributed by atoms with Gasteiger partial charge in [0.15, 0.2) is 0 Å². The van der Waals surface area contributed by atoms with Crippen molar-refractivity contribution >= 4 is 11.6 Å². The summed E-state index contributed by atoms with van der Waals surface area (Å²) in [7, 11) is 0. The van der Waals surface area contributed by atoms with Crippen molar-refractivity contribution in [3.8, 4) is 0 Å². The highest BCUT2D eigenvalue weighted by molar-refractivity contribution is 6.04. The van der Waals surface area contributed by atoms with E-state index in [9.17, 15) is 4.79 Å². The molecule has 0 atom stereocenters. The second-order valence-corrected chi connectivity index (χ2v) is 2.99. The highest BCUT2D eigenvalue weighted by Crippen LogP contribution is 2.10. The van der Waals surface area contributed by atoms with E-state index < -0.39 is 0 Å². The zero-order chi connectivity index (χ0) is 10.7. The number of carbonyl (C=O) groups excluding carboxylic acids is 1. The first kappa shape index (κ1) is 9.39. The molecule has 76 valence electrons. The quantitative estimate of drug-likeness (QED) is 0.805. The maximum Gasteiger partial charge on any atom is 0.260 e. The number of amides is 1. The summed E-state index contributed by atoms with van der Waals surface area (Å²) in [5.74, 6) is 0.265. The first-order valence-electron chi connectivity index (χ1n) is 4.40. The number of nitrogens with zero attached hydrogens (tertiary/aromatic N) is 2. The predicted molar refractivity (Wildman–Crippen MR) is 53.4 cm³/mol. The Kier molecular flexibility index (Phi) is 2.45. The lowest BCUT2D eigenvalue weighted by Crippen LogP contribution is -2.11. The van der Waals surface area contributed by atoms with Crippen LogP contribution in [0.1, 0.15) is 16.1 Å². The fourth-order valence-corrected chi connectivity index (χ4v) is 1.15. The molecule has 0 bridgehead atoms. The number of carbonyl (C=O) groups is 1. The van der Waals surface area contributed by atoms with Gasteiger partial charge in [-0.1, -0.05) is 5.16 Å². The Balaban J connectivity index is 2.15. The van der Waals surface area contributed by atoms with Gasteiger partial charge in [0.1, 0.15) is 11.3 Å². The number of aromatic nitrogens is 2. The van der Waals surface area contributed by atoms with Gasteiger partial charge in [-0.05, 0) is 19.1 Å². The molecule has 15 heavy (non-hydrogen) atoms. The summed E-state index contributed by atoms with van der Waals surface area (Å²) in [5.41, 5.74) is 1.13. The highest BCUT2D eigenvalue weighted by Gasteiger charge is 2.12. The molecule has 2 aromatic rings. The molecular formula is C10H9N3O2. The third kappa shape index (κ3) is 2.01. The van der Waals surface area contributed by atoms with E-state index in [2.05, 4.69) is 15.5 Å². The van der Waals surface area contributed by atoms with E-state index >= 15 is 0 Å². The minimum atomic E-state index is -0.236. The lowest BCUT2D eigenvalue weighted by molar-refractivity contribution is 0.102. The number of rotatable bonds is 2. The third-order valence-corrected chi connectivity index (χ3v) is 1.93. The second-order valence-electron chi connectivity index (χ2n) is 2.99. The SMILES string of the molecule is Cc1oncc1C(=O)Nc1ccncc1. The summed E-state index contributed by atoms with van der Waals surface area (Å²) in [5, 5.41) is 6.24. The van der Waals surface area contributed by atoms with Crippen LogP contribution in [0.3, 0.4) is 0 Å². The van der Waals surface area contributed by atoms with E-state index in [-0.39, 0.29) is 5.91 Å². The molecule has 0 aliphatic heterocycles. The van der Waals surface area contributed by atoms with Gasteiger partial charge in [0.25, 0.3) is 5.91 Å². The van der Waals surface area contributed by atoms with Crippen LogP contribution >= 0.6 is 0 Å². The monoisotopic (exact) mass is 203 g/mol. The van der Waals surface area contributed by atoms with Crippen LogP contribution in [-0.4, -0.2) is 16.0 Å². The van der Waals surface area contributed by atoms with Crippen LogP contribution in [0, 0.1) is 6.92 Å². The summed E-state index contributed by atoms with van der Waals surface area (Å²) in [4.78, 5) is 15.5. The van der Waals surface area contributed by atoms with Crippen LogP contribution in [0.2, 0.25) is 0 Å². The molecule has 0 spiro atoms. The van der Waals surface area contributed by atoms with Gasteiger partial charge >= 0.3 is 0 Å². The van der Waals surface area contributed by atoms with Crippen LogP contribution in [0.25, 0.3) is 0 Å². The lowest BCUT2D eigenvalue weighted by atomic mass is 10.2. The Morgan fingerprint density at radius 2 is 2.13 bits per heavy atom. The molecule has 1 N–H and O–H groups in total. The summed E-state index contributed by atoms with van der Waals surface area (Å²) >= 11 is 0. The molecule has 5 nitrogen and oxygen atoms in total. The number of anilines is 1. The van der Waals surface area contributed by atoms with Crippen molar-refractivity contribution in [3.05, 3.63) is 42.0 Å². The lowest BCUT2D eigenvalue weighted by Gasteiger charge is -2.02. The molecule has 0 aliphatic rings. The normalized spacial score (nSPS) is 9.93. The molecule has 2 aromatic heterocycles. The van der Waals surface area contributed by atoms with Crippen molar-refractivity contribution in [1.82, 2.24) is 10.1 Å². The van der Waals surface area contributed by atoms with Crippen LogP contribution in [0.5, 0.6) is 0 Å². The Hall–Kier alpha value is -2.17. The number of pyridine rings is 1. The topological polar surface area (TPSA) is 68.0 Å². The van der Waals surface area contributed by atoms with Crippen molar-refractivity contribution in [2.45, 2.75) is 6.92 Å². The van der Waals surface area contributed by atoms with Crippen molar-refractivity contribution in [2.75, 3.05) is 5.32 Å². The first-order valence-corrected chi connectivity index (χ1v) is 4.40. The predicted octanol–water partition coefficient (Wildman–Crippen LogP) is 1.63. The van der Waals surface area contributed by atoms with E-state index in [0.717, 1.165) is 0 Å². The largest absolute Gasteiger partial charge is 0.361 e. The fourth-order valence-electron chi connectivity index (χ4n) is 1.15. The fraction of sp³-hybridized carbons (Fsp3) is 0.100. The Bertz CT molecular complexity index is 465. The van der Waals surface area contributed by atoms with E-state index in [1.165, 1.54) is 6.20 Å². The van der Waals surface area contributed by atoms with Gasteiger partial charge < -0.3 is 9.84 Å². The Morgan fingerprint density at radius 3 is 2.73 bits per heavy atom. The number of hydrogen-bond acceptors (Lipinski definition) is 4. The van der Waals surface area contributed by atoms with Crippen molar-refractivity contribution in [1.29, 1.82) is 0 Å². The maximum atomic E-state index is 11.7. The molecule has 0 saturated heterocycles. The first-order chi connectivity index (χ1) is 7.27. The molecule has 5 heteroatoms. The molecule has 0 fully saturated rings. The van der Waals surface area contributed by atoms with Crippen LogP contribution in [0.15, 0.2) is 35.2 Å². The molecule has 0 radical (unpaired) electrons. The van der Waals surface area contributed by atoms with Gasteiger partial charge in [0.05, 0.1) is 6.20 Å². The van der Waals surface area contributed by atoms with Crippen LogP contribution in [-0.2, 0) is 0 Å². The molecule has 2 rings (SSSR count). The zero-order valence-corrected chi connectivity index (χ0v) is 8.10. The molecule has 0 saturated carbocycles. The van der Waals surface area contributed by atoms with Crippen molar-refractivity contribution in [3.63, 3.8) is 0 Å². The number of hydrogen-bond donors (Lipinski definition) is 1. The minimum Gasteiger partial charge on any atom is -0.361 e. The van der Waals surface area contributed by atoms with Gasteiger partial charge in [-0.15, -0.1) is 0 Å². The van der Waals surface area contributed by atoms with Gasteiger partial charge in [-0.2, -0.15) is 0 Å². The highest BCUT2D eigenvalue weighted by atomic mass is 16.5. The third-order valence-electron chi connectivity index (χ3n) is 1.93. The zero-order valence-electron chi connectivity index (χ0n) is 8.10. The number of aryl methyl sites for hydroxylation is 1. The standard InChI is InChI=1S/C10H9N3O2/c1-7-9(6-12-15-7)10(14)13-8-2-4-11-5-3-8/h2-6H,1H3,(H,11,13,14). The molecule has 0 aromatic carbocycles. The maximum absolute atomic E-state index is 11.7. The number of nitrogens with one attached hydrogen (secondary N) is 1. The van der Waals surface area contributed by atoms with E-state index in [0.29, 0.717) is 17.0 Å². The second kappa shape index (κ2) is 3.91. The molecule has 1 amide bonds. The molecule has 0 aliphatic carbocycles. The van der Waals surface area contributed by atoms with Crippen LogP contribution in [0.4, 0.5) is 5.69 Å². The smallest absolute Gasteiger partial charge is 0.260 e. The van der Waals surface area contributed by atoms with E-state index in [1.807, 2.05) is 0 Å². The van der Waals surface area contributed by atoms with Crippen LogP contribution < -0.4 is 5.32 Å². The molecular weight excluding hydrogens is 194 g/mol. The minimum absolute atomic E-state index is 0.236. The van der Waals surface area contributed by atoms with Crippen molar-refractivity contribution < 1.29 is 9.32 Å².